The number of hydrogen-bond acceptors (Lipinski definition) is 1. The molecule has 0 atom stereocenters. The Balaban J connectivity index is 2.89. The monoisotopic (exact) mass is 200 g/mol. The maximum atomic E-state index is 13.3. The van der Waals surface area contributed by atoms with Gasteiger partial charge in [0.1, 0.15) is 5.82 Å². The van der Waals surface area contributed by atoms with Crippen LogP contribution in [0.25, 0.3) is 10.1 Å². The highest BCUT2D eigenvalue weighted by atomic mass is 35.5. The number of halogens is 2. The third-order valence-corrected chi connectivity index (χ3v) is 3.02. The van der Waals surface area contributed by atoms with Crippen LogP contribution < -0.4 is 0 Å². The third kappa shape index (κ3) is 1.11. The topological polar surface area (TPSA) is 0 Å². The van der Waals surface area contributed by atoms with Crippen LogP contribution in [0.5, 0.6) is 0 Å². The van der Waals surface area contributed by atoms with Crippen molar-refractivity contribution in [1.82, 2.24) is 0 Å². The normalized spacial score (nSPS) is 10.9. The van der Waals surface area contributed by atoms with Gasteiger partial charge in [0.2, 0.25) is 0 Å². The molecule has 0 aliphatic heterocycles. The van der Waals surface area contributed by atoms with E-state index in [1.54, 1.807) is 17.4 Å². The van der Waals surface area contributed by atoms with Gasteiger partial charge in [-0.1, -0.05) is 11.6 Å². The number of hydrogen-bond donors (Lipinski definition) is 0. The van der Waals surface area contributed by atoms with Crippen molar-refractivity contribution in [2.24, 2.45) is 0 Å². The van der Waals surface area contributed by atoms with Gasteiger partial charge in [-0.3, -0.25) is 0 Å². The first-order valence-corrected chi connectivity index (χ1v) is 4.72. The number of aryl methyl sites for hydroxylation is 1. The Morgan fingerprint density at radius 3 is 2.92 bits per heavy atom. The lowest BCUT2D eigenvalue weighted by atomic mass is 10.2. The number of rotatable bonds is 0. The van der Waals surface area contributed by atoms with E-state index in [4.69, 9.17) is 11.6 Å². The van der Waals surface area contributed by atoms with Crippen LogP contribution in [0.1, 0.15) is 4.88 Å². The Morgan fingerprint density at radius 1 is 1.42 bits per heavy atom. The largest absolute Gasteiger partial charge is 0.205 e. The van der Waals surface area contributed by atoms with Crippen LogP contribution in [-0.4, -0.2) is 0 Å². The molecule has 0 N–H and O–H groups in total. The molecule has 0 amide bonds. The summed E-state index contributed by atoms with van der Waals surface area (Å²) >= 11 is 7.20. The zero-order chi connectivity index (χ0) is 8.72. The summed E-state index contributed by atoms with van der Waals surface area (Å²) in [4.78, 5) is 1.10. The average Bonchev–Trinajstić information content (AvgIpc) is 2.39. The first kappa shape index (κ1) is 8.02. The quantitative estimate of drug-likeness (QED) is 0.603. The molecular formula is C9H6ClFS. The molecule has 2 rings (SSSR count). The van der Waals surface area contributed by atoms with E-state index < -0.39 is 0 Å². The fourth-order valence-electron chi connectivity index (χ4n) is 1.18. The summed E-state index contributed by atoms with van der Waals surface area (Å²) in [6, 6.07) is 5.26. The van der Waals surface area contributed by atoms with Crippen LogP contribution in [0.2, 0.25) is 5.02 Å². The van der Waals surface area contributed by atoms with Gasteiger partial charge in [-0.15, -0.1) is 11.3 Å². The summed E-state index contributed by atoms with van der Waals surface area (Å²) in [5, 5.41) is 0.824. The number of thiophene rings is 1. The van der Waals surface area contributed by atoms with Gasteiger partial charge in [0, 0.05) is 15.0 Å². The van der Waals surface area contributed by atoms with Crippen molar-refractivity contribution in [3.63, 3.8) is 0 Å². The Hall–Kier alpha value is -0.600. The van der Waals surface area contributed by atoms with Gasteiger partial charge in [-0.2, -0.15) is 0 Å². The maximum absolute atomic E-state index is 13.3. The molecule has 0 aliphatic carbocycles. The summed E-state index contributed by atoms with van der Waals surface area (Å²) in [6.07, 6.45) is 0. The van der Waals surface area contributed by atoms with E-state index in [-0.39, 0.29) is 10.8 Å². The molecule has 0 aliphatic rings. The summed E-state index contributed by atoms with van der Waals surface area (Å²) in [5.41, 5.74) is 0. The minimum absolute atomic E-state index is 0.195. The lowest BCUT2D eigenvalue weighted by Crippen LogP contribution is -1.75. The lowest BCUT2D eigenvalue weighted by Gasteiger charge is -1.93. The fourth-order valence-corrected chi connectivity index (χ4v) is 2.26. The smallest absolute Gasteiger partial charge is 0.150 e. The second-order valence-corrected chi connectivity index (χ2v) is 4.33. The molecule has 0 saturated heterocycles. The van der Waals surface area contributed by atoms with Crippen LogP contribution in [0, 0.1) is 12.7 Å². The molecule has 1 aromatic heterocycles. The van der Waals surface area contributed by atoms with Gasteiger partial charge in [0.15, 0.2) is 0 Å². The molecule has 3 heteroatoms. The van der Waals surface area contributed by atoms with Gasteiger partial charge in [-0.25, -0.2) is 4.39 Å². The molecule has 0 bridgehead atoms. The highest BCUT2D eigenvalue weighted by Crippen LogP contribution is 2.30. The first-order valence-electron chi connectivity index (χ1n) is 3.52. The zero-order valence-electron chi connectivity index (χ0n) is 6.40. The molecule has 0 unspecified atom stereocenters. The summed E-state index contributed by atoms with van der Waals surface area (Å²) in [5.74, 6) is -0.307. The van der Waals surface area contributed by atoms with E-state index >= 15 is 0 Å². The van der Waals surface area contributed by atoms with Crippen molar-refractivity contribution in [2.75, 3.05) is 0 Å². The van der Waals surface area contributed by atoms with Crippen molar-refractivity contribution in [3.05, 3.63) is 33.9 Å². The Kier molecular flexibility index (Phi) is 1.81. The van der Waals surface area contributed by atoms with E-state index in [1.165, 1.54) is 0 Å². The van der Waals surface area contributed by atoms with Crippen LogP contribution in [0.3, 0.4) is 0 Å². The Bertz CT molecular complexity index is 433. The average molecular weight is 201 g/mol. The van der Waals surface area contributed by atoms with Crippen LogP contribution in [-0.2, 0) is 0 Å². The molecule has 0 nitrogen and oxygen atoms in total. The van der Waals surface area contributed by atoms with Crippen LogP contribution >= 0.6 is 22.9 Å². The van der Waals surface area contributed by atoms with Gasteiger partial charge < -0.3 is 0 Å². The highest BCUT2D eigenvalue weighted by Gasteiger charge is 2.07. The molecule has 1 heterocycles. The van der Waals surface area contributed by atoms with Crippen molar-refractivity contribution < 1.29 is 4.39 Å². The van der Waals surface area contributed by atoms with E-state index in [1.807, 2.05) is 19.1 Å². The lowest BCUT2D eigenvalue weighted by molar-refractivity contribution is 0.640. The van der Waals surface area contributed by atoms with Crippen molar-refractivity contribution in [3.8, 4) is 0 Å². The standard InChI is InChI=1S/C9H6ClFS/c1-5-4-6-8(12-5)3-2-7(10)9(6)11/h2-4H,1H3. The Morgan fingerprint density at radius 2 is 2.17 bits per heavy atom. The summed E-state index contributed by atoms with van der Waals surface area (Å²) in [7, 11) is 0. The molecule has 0 spiro atoms. The van der Waals surface area contributed by atoms with E-state index in [2.05, 4.69) is 0 Å². The molecule has 0 fully saturated rings. The molecule has 0 saturated carbocycles. The highest BCUT2D eigenvalue weighted by molar-refractivity contribution is 7.19. The summed E-state index contributed by atoms with van der Waals surface area (Å²) < 4.78 is 14.2. The van der Waals surface area contributed by atoms with Gasteiger partial charge in [0.05, 0.1) is 5.02 Å². The van der Waals surface area contributed by atoms with Gasteiger partial charge in [0.25, 0.3) is 0 Å². The van der Waals surface area contributed by atoms with Crippen LogP contribution in [0.4, 0.5) is 4.39 Å². The number of fused-ring (bicyclic) bond motifs is 1. The minimum Gasteiger partial charge on any atom is -0.205 e. The van der Waals surface area contributed by atoms with Gasteiger partial charge >= 0.3 is 0 Å². The first-order chi connectivity index (χ1) is 5.68. The molecule has 1 aromatic carbocycles. The van der Waals surface area contributed by atoms with Crippen molar-refractivity contribution in [2.45, 2.75) is 6.92 Å². The molecule has 12 heavy (non-hydrogen) atoms. The summed E-state index contributed by atoms with van der Waals surface area (Å²) in [6.45, 7) is 1.96. The minimum atomic E-state index is -0.307. The van der Waals surface area contributed by atoms with E-state index in [0.29, 0.717) is 5.39 Å². The molecule has 0 radical (unpaired) electrons. The fraction of sp³-hybridized carbons (Fsp3) is 0.111. The third-order valence-electron chi connectivity index (χ3n) is 1.71. The second kappa shape index (κ2) is 2.71. The predicted octanol–water partition coefficient (Wildman–Crippen LogP) is 4.00. The van der Waals surface area contributed by atoms with Gasteiger partial charge in [-0.05, 0) is 25.1 Å². The maximum Gasteiger partial charge on any atom is 0.150 e. The van der Waals surface area contributed by atoms with Crippen molar-refractivity contribution >= 4 is 33.0 Å². The van der Waals surface area contributed by atoms with E-state index in [9.17, 15) is 4.39 Å². The second-order valence-electron chi connectivity index (χ2n) is 2.63. The predicted molar refractivity (Wildman–Crippen MR) is 51.5 cm³/mol. The SMILES string of the molecule is Cc1cc2c(F)c(Cl)ccc2s1. The molecule has 2 aromatic rings. The zero-order valence-corrected chi connectivity index (χ0v) is 7.97. The molecular weight excluding hydrogens is 195 g/mol. The van der Waals surface area contributed by atoms with Crippen LogP contribution in [0.15, 0.2) is 18.2 Å². The van der Waals surface area contributed by atoms with Crippen molar-refractivity contribution in [1.29, 1.82) is 0 Å². The Labute approximate surface area is 78.6 Å². The van der Waals surface area contributed by atoms with E-state index in [0.717, 1.165) is 9.58 Å². The number of benzene rings is 1. The molecule has 62 valence electrons.